The normalized spacial score (nSPS) is 10.0. The minimum absolute atomic E-state index is 0.104. The maximum Gasteiger partial charge on any atom is 0.224 e. The van der Waals surface area contributed by atoms with Crippen molar-refractivity contribution in [1.29, 1.82) is 0 Å². The van der Waals surface area contributed by atoms with Crippen LogP contribution in [0.25, 0.3) is 0 Å². The van der Waals surface area contributed by atoms with Crippen molar-refractivity contribution < 1.29 is 14.3 Å². The number of methoxy groups -OCH3 is 1. The lowest BCUT2D eigenvalue weighted by Gasteiger charge is -2.12. The van der Waals surface area contributed by atoms with Gasteiger partial charge in [0.05, 0.1) is 12.8 Å². The predicted molar refractivity (Wildman–Crippen MR) is 88.5 cm³/mol. The first kappa shape index (κ1) is 16.5. The number of ether oxygens (including phenoxy) is 1. The van der Waals surface area contributed by atoms with E-state index in [1.54, 1.807) is 30.6 Å². The molecule has 0 saturated heterocycles. The number of benzene rings is 1. The molecule has 120 valence electrons. The number of aryl methyl sites for hydroxylation is 1. The number of rotatable bonds is 6. The van der Waals surface area contributed by atoms with E-state index in [2.05, 4.69) is 15.6 Å². The number of pyridine rings is 1. The number of anilines is 2. The summed E-state index contributed by atoms with van der Waals surface area (Å²) in [6.07, 6.45) is 4.42. The summed E-state index contributed by atoms with van der Waals surface area (Å²) in [5.41, 5.74) is 2.13. The van der Waals surface area contributed by atoms with Gasteiger partial charge >= 0.3 is 0 Å². The summed E-state index contributed by atoms with van der Waals surface area (Å²) in [4.78, 5) is 27.3. The summed E-state index contributed by atoms with van der Waals surface area (Å²) >= 11 is 0. The summed E-state index contributed by atoms with van der Waals surface area (Å²) in [6.45, 7) is 1.42. The maximum atomic E-state index is 12.0. The molecule has 6 nitrogen and oxygen atoms in total. The highest BCUT2D eigenvalue weighted by molar-refractivity contribution is 5.94. The highest BCUT2D eigenvalue weighted by atomic mass is 16.5. The first-order valence-electron chi connectivity index (χ1n) is 7.23. The monoisotopic (exact) mass is 313 g/mol. The first-order valence-corrected chi connectivity index (χ1v) is 7.23. The third-order valence-electron chi connectivity index (χ3n) is 3.16. The van der Waals surface area contributed by atoms with Gasteiger partial charge in [-0.1, -0.05) is 6.07 Å². The fraction of sp³-hybridized carbons (Fsp3) is 0.235. The molecule has 0 saturated carbocycles. The molecule has 0 aliphatic carbocycles. The molecule has 2 amide bonds. The second-order valence-corrected chi connectivity index (χ2v) is 5.01. The molecule has 1 aromatic heterocycles. The minimum atomic E-state index is -0.205. The van der Waals surface area contributed by atoms with Gasteiger partial charge in [-0.3, -0.25) is 14.6 Å². The Morgan fingerprint density at radius 3 is 2.70 bits per heavy atom. The molecule has 0 radical (unpaired) electrons. The number of amides is 2. The fourth-order valence-corrected chi connectivity index (χ4v) is 2.10. The molecular formula is C17H19N3O3. The number of hydrogen-bond donors (Lipinski definition) is 2. The molecule has 0 atom stereocenters. The van der Waals surface area contributed by atoms with E-state index in [4.69, 9.17) is 4.74 Å². The molecule has 1 heterocycles. The molecule has 0 bridgehead atoms. The summed E-state index contributed by atoms with van der Waals surface area (Å²) in [5.74, 6) is 0.227. The van der Waals surface area contributed by atoms with Crippen LogP contribution in [-0.2, 0) is 16.0 Å². The van der Waals surface area contributed by atoms with Crippen molar-refractivity contribution in [3.63, 3.8) is 0 Å². The zero-order valence-corrected chi connectivity index (χ0v) is 13.1. The zero-order valence-electron chi connectivity index (χ0n) is 13.1. The van der Waals surface area contributed by atoms with E-state index >= 15 is 0 Å². The van der Waals surface area contributed by atoms with Gasteiger partial charge in [0.25, 0.3) is 0 Å². The Bertz CT molecular complexity index is 687. The quantitative estimate of drug-likeness (QED) is 0.859. The third-order valence-corrected chi connectivity index (χ3v) is 3.16. The van der Waals surface area contributed by atoms with E-state index < -0.39 is 0 Å². The van der Waals surface area contributed by atoms with E-state index in [1.165, 1.54) is 14.0 Å². The van der Waals surface area contributed by atoms with Crippen LogP contribution in [0.1, 0.15) is 18.9 Å². The van der Waals surface area contributed by atoms with Crippen molar-refractivity contribution in [2.45, 2.75) is 19.8 Å². The van der Waals surface area contributed by atoms with Crippen LogP contribution in [0.5, 0.6) is 5.75 Å². The molecule has 6 heteroatoms. The lowest BCUT2D eigenvalue weighted by molar-refractivity contribution is -0.116. The molecule has 23 heavy (non-hydrogen) atoms. The highest BCUT2D eigenvalue weighted by Crippen LogP contribution is 2.27. The summed E-state index contributed by atoms with van der Waals surface area (Å²) in [6, 6.07) is 8.87. The molecular weight excluding hydrogens is 294 g/mol. The molecule has 1 aromatic carbocycles. The van der Waals surface area contributed by atoms with Crippen LogP contribution in [0.2, 0.25) is 0 Å². The molecule has 2 aromatic rings. The Kier molecular flexibility index (Phi) is 5.68. The van der Waals surface area contributed by atoms with Crippen LogP contribution >= 0.6 is 0 Å². The van der Waals surface area contributed by atoms with Crippen LogP contribution in [0.4, 0.5) is 11.4 Å². The second kappa shape index (κ2) is 7.93. The van der Waals surface area contributed by atoms with Crippen molar-refractivity contribution in [2.24, 2.45) is 0 Å². The van der Waals surface area contributed by atoms with Gasteiger partial charge in [0.1, 0.15) is 5.75 Å². The number of nitrogens with zero attached hydrogens (tertiary/aromatic N) is 1. The van der Waals surface area contributed by atoms with Gasteiger partial charge in [-0.15, -0.1) is 0 Å². The van der Waals surface area contributed by atoms with Gasteiger partial charge < -0.3 is 15.4 Å². The zero-order chi connectivity index (χ0) is 16.7. The van der Waals surface area contributed by atoms with Crippen molar-refractivity contribution in [1.82, 2.24) is 4.98 Å². The Morgan fingerprint density at radius 1 is 1.22 bits per heavy atom. The Labute approximate surface area is 134 Å². The van der Waals surface area contributed by atoms with Crippen molar-refractivity contribution >= 4 is 23.2 Å². The third kappa shape index (κ3) is 5.10. The van der Waals surface area contributed by atoms with Crippen molar-refractivity contribution in [3.8, 4) is 5.75 Å². The molecule has 2 N–H and O–H groups in total. The highest BCUT2D eigenvalue weighted by Gasteiger charge is 2.08. The topological polar surface area (TPSA) is 80.3 Å². The first-order chi connectivity index (χ1) is 11.1. The maximum absolute atomic E-state index is 12.0. The van der Waals surface area contributed by atoms with E-state index in [0.29, 0.717) is 30.0 Å². The molecule has 0 unspecified atom stereocenters. The van der Waals surface area contributed by atoms with Gasteiger partial charge in [-0.25, -0.2) is 0 Å². The summed E-state index contributed by atoms with van der Waals surface area (Å²) in [5, 5.41) is 5.48. The van der Waals surface area contributed by atoms with Crippen LogP contribution in [0.15, 0.2) is 42.7 Å². The summed E-state index contributed by atoms with van der Waals surface area (Å²) < 4.78 is 5.18. The van der Waals surface area contributed by atoms with Gasteiger partial charge in [0, 0.05) is 31.4 Å². The van der Waals surface area contributed by atoms with Crippen LogP contribution in [-0.4, -0.2) is 23.9 Å². The van der Waals surface area contributed by atoms with E-state index in [9.17, 15) is 9.59 Å². The van der Waals surface area contributed by atoms with Crippen molar-refractivity contribution in [2.75, 3.05) is 17.7 Å². The number of carbonyl (C=O) groups excluding carboxylic acids is 2. The minimum Gasteiger partial charge on any atom is -0.495 e. The smallest absolute Gasteiger partial charge is 0.224 e. The van der Waals surface area contributed by atoms with Gasteiger partial charge in [-0.05, 0) is 36.2 Å². The largest absolute Gasteiger partial charge is 0.495 e. The number of aromatic nitrogens is 1. The lowest BCUT2D eigenvalue weighted by Crippen LogP contribution is -2.13. The SMILES string of the molecule is COc1ccc(NC(=O)CCc2cccnc2)cc1NC(C)=O. The number of nitrogens with one attached hydrogen (secondary N) is 2. The van der Waals surface area contributed by atoms with Gasteiger partial charge in [-0.2, -0.15) is 0 Å². The van der Waals surface area contributed by atoms with Crippen LogP contribution in [0.3, 0.4) is 0 Å². The average Bonchev–Trinajstić information content (AvgIpc) is 2.54. The average molecular weight is 313 g/mol. The fourth-order valence-electron chi connectivity index (χ4n) is 2.10. The lowest BCUT2D eigenvalue weighted by atomic mass is 10.1. The van der Waals surface area contributed by atoms with Crippen LogP contribution < -0.4 is 15.4 Å². The van der Waals surface area contributed by atoms with E-state index in [-0.39, 0.29) is 11.8 Å². The number of hydrogen-bond acceptors (Lipinski definition) is 4. The Morgan fingerprint density at radius 2 is 2.04 bits per heavy atom. The van der Waals surface area contributed by atoms with E-state index in [0.717, 1.165) is 5.56 Å². The standard InChI is InChI=1S/C17H19N3O3/c1-12(21)19-15-10-14(6-7-16(15)23-2)20-17(22)8-5-13-4-3-9-18-11-13/h3-4,6-7,9-11H,5,8H2,1-2H3,(H,19,21)(H,20,22). The molecule has 2 rings (SSSR count). The van der Waals surface area contributed by atoms with Crippen molar-refractivity contribution in [3.05, 3.63) is 48.3 Å². The van der Waals surface area contributed by atoms with E-state index in [1.807, 2.05) is 12.1 Å². The Hall–Kier alpha value is -2.89. The summed E-state index contributed by atoms with van der Waals surface area (Å²) in [7, 11) is 1.52. The van der Waals surface area contributed by atoms with Gasteiger partial charge in [0.15, 0.2) is 0 Å². The number of carbonyl (C=O) groups is 2. The molecule has 0 spiro atoms. The Balaban J connectivity index is 1.98. The predicted octanol–water partition coefficient (Wildman–Crippen LogP) is 2.62. The molecule has 0 aliphatic heterocycles. The molecule has 0 aliphatic rings. The van der Waals surface area contributed by atoms with Crippen LogP contribution in [0, 0.1) is 0 Å². The van der Waals surface area contributed by atoms with Gasteiger partial charge in [0.2, 0.25) is 11.8 Å². The molecule has 0 fully saturated rings. The second-order valence-electron chi connectivity index (χ2n) is 5.01.